The van der Waals surface area contributed by atoms with Crippen molar-refractivity contribution in [1.82, 2.24) is 19.5 Å². The third kappa shape index (κ3) is 5.18. The number of morpholine rings is 1. The molecule has 0 bridgehead atoms. The molecule has 1 aliphatic rings. The van der Waals surface area contributed by atoms with E-state index in [4.69, 9.17) is 19.4 Å². The summed E-state index contributed by atoms with van der Waals surface area (Å²) in [4.78, 5) is 39.3. The smallest absolute Gasteiger partial charge is 0.308 e. The molecule has 36 heavy (non-hydrogen) atoms. The lowest BCUT2D eigenvalue weighted by Gasteiger charge is -2.27. The van der Waals surface area contributed by atoms with Crippen molar-refractivity contribution in [3.05, 3.63) is 60.4 Å². The number of amides is 1. The highest BCUT2D eigenvalue weighted by Gasteiger charge is 2.20. The number of fused-ring (bicyclic) bond motifs is 1. The van der Waals surface area contributed by atoms with E-state index in [9.17, 15) is 9.59 Å². The molecule has 1 fully saturated rings. The van der Waals surface area contributed by atoms with Gasteiger partial charge in [0.05, 0.1) is 26.1 Å². The molecule has 10 heteroatoms. The number of esters is 1. The average molecular weight is 487 g/mol. The quantitative estimate of drug-likeness (QED) is 0.327. The van der Waals surface area contributed by atoms with Gasteiger partial charge in [0.25, 0.3) is 0 Å². The Hall–Kier alpha value is -4.31. The van der Waals surface area contributed by atoms with Gasteiger partial charge in [-0.3, -0.25) is 9.59 Å². The number of imidazole rings is 1. The van der Waals surface area contributed by atoms with Crippen molar-refractivity contribution >= 4 is 34.7 Å². The highest BCUT2D eigenvalue weighted by atomic mass is 16.5. The van der Waals surface area contributed by atoms with E-state index in [1.807, 2.05) is 41.0 Å². The van der Waals surface area contributed by atoms with E-state index in [2.05, 4.69) is 15.2 Å². The number of rotatable bonds is 6. The monoisotopic (exact) mass is 486 g/mol. The van der Waals surface area contributed by atoms with Gasteiger partial charge in [-0.1, -0.05) is 24.3 Å². The van der Waals surface area contributed by atoms with E-state index in [-0.39, 0.29) is 11.9 Å². The van der Waals surface area contributed by atoms with Gasteiger partial charge in [0.15, 0.2) is 5.65 Å². The van der Waals surface area contributed by atoms with Gasteiger partial charge in [-0.15, -0.1) is 0 Å². The van der Waals surface area contributed by atoms with E-state index in [0.717, 1.165) is 16.8 Å². The number of carbonyl (C=O) groups excluding carboxylic acids is 2. The first-order chi connectivity index (χ1) is 17.5. The number of nitrogens with one attached hydrogen (secondary N) is 1. The lowest BCUT2D eigenvalue weighted by molar-refractivity contribution is -0.131. The third-order valence-corrected chi connectivity index (χ3v) is 5.74. The second-order valence-corrected chi connectivity index (χ2v) is 8.52. The number of nitrogens with zero attached hydrogens (tertiary/aromatic N) is 5. The Kier molecular flexibility index (Phi) is 6.59. The molecule has 2 aromatic carbocycles. The average Bonchev–Trinajstić information content (AvgIpc) is 3.27. The molecule has 0 unspecified atom stereocenters. The second kappa shape index (κ2) is 10.1. The van der Waals surface area contributed by atoms with Crippen LogP contribution in [0, 0.1) is 0 Å². The summed E-state index contributed by atoms with van der Waals surface area (Å²) in [6.07, 6.45) is 1.75. The fourth-order valence-corrected chi connectivity index (χ4v) is 4.12. The van der Waals surface area contributed by atoms with Crippen LogP contribution in [0.15, 0.2) is 54.9 Å². The number of hydrogen-bond acceptors (Lipinski definition) is 8. The first-order valence-electron chi connectivity index (χ1n) is 11.7. The Morgan fingerprint density at radius 1 is 1.06 bits per heavy atom. The molecule has 1 saturated heterocycles. The summed E-state index contributed by atoms with van der Waals surface area (Å²) < 4.78 is 12.8. The minimum Gasteiger partial charge on any atom is -0.427 e. The molecular formula is C26H26N6O4. The molecule has 1 aliphatic heterocycles. The fourth-order valence-electron chi connectivity index (χ4n) is 4.12. The first-order valence-corrected chi connectivity index (χ1v) is 11.7. The zero-order valence-corrected chi connectivity index (χ0v) is 20.1. The van der Waals surface area contributed by atoms with Crippen molar-refractivity contribution in [2.75, 3.05) is 36.5 Å². The number of ether oxygens (including phenoxy) is 2. The van der Waals surface area contributed by atoms with E-state index >= 15 is 0 Å². The number of carbonyl (C=O) groups is 2. The Morgan fingerprint density at radius 2 is 1.83 bits per heavy atom. The molecule has 3 heterocycles. The Bertz CT molecular complexity index is 1410. The van der Waals surface area contributed by atoms with Gasteiger partial charge in [-0.2, -0.15) is 4.98 Å². The topological polar surface area (TPSA) is 111 Å². The summed E-state index contributed by atoms with van der Waals surface area (Å²) >= 11 is 0. The highest BCUT2D eigenvalue weighted by molar-refractivity contribution is 5.89. The van der Waals surface area contributed by atoms with Crippen LogP contribution in [0.1, 0.15) is 19.4 Å². The van der Waals surface area contributed by atoms with Gasteiger partial charge in [0, 0.05) is 38.2 Å². The van der Waals surface area contributed by atoms with Gasteiger partial charge in [0.1, 0.15) is 17.0 Å². The normalized spacial score (nSPS) is 13.6. The molecule has 2 aromatic heterocycles. The van der Waals surface area contributed by atoms with Crippen molar-refractivity contribution in [1.29, 1.82) is 0 Å². The Morgan fingerprint density at radius 3 is 2.56 bits per heavy atom. The molecule has 1 amide bonds. The van der Waals surface area contributed by atoms with Gasteiger partial charge < -0.3 is 24.3 Å². The molecular weight excluding hydrogens is 460 g/mol. The third-order valence-electron chi connectivity index (χ3n) is 5.74. The number of hydrogen-bond donors (Lipinski definition) is 1. The zero-order chi connectivity index (χ0) is 25.1. The lowest BCUT2D eigenvalue weighted by Crippen LogP contribution is -2.37. The van der Waals surface area contributed by atoms with Gasteiger partial charge in [-0.25, -0.2) is 9.97 Å². The molecule has 4 aromatic rings. The molecule has 0 saturated carbocycles. The van der Waals surface area contributed by atoms with Crippen molar-refractivity contribution in [2.24, 2.45) is 0 Å². The predicted octanol–water partition coefficient (Wildman–Crippen LogP) is 3.26. The summed E-state index contributed by atoms with van der Waals surface area (Å²) in [6, 6.07) is 14.9. The summed E-state index contributed by atoms with van der Waals surface area (Å²) in [5.74, 6) is 0.545. The van der Waals surface area contributed by atoms with Crippen molar-refractivity contribution < 1.29 is 19.1 Å². The number of benzene rings is 2. The van der Waals surface area contributed by atoms with Gasteiger partial charge in [-0.05, 0) is 29.8 Å². The molecule has 0 aliphatic carbocycles. The molecule has 0 spiro atoms. The maximum Gasteiger partial charge on any atom is 0.308 e. The summed E-state index contributed by atoms with van der Waals surface area (Å²) in [6.45, 7) is 6.00. The molecule has 0 radical (unpaired) electrons. The van der Waals surface area contributed by atoms with E-state index < -0.39 is 0 Å². The molecule has 10 nitrogen and oxygen atoms in total. The Balaban J connectivity index is 1.56. The van der Waals surface area contributed by atoms with Crippen LogP contribution in [0.4, 0.5) is 11.6 Å². The SMILES string of the molecule is CC(=O)Nc1ccc(Cn2cnc3c(-c4cccc(OC(C)=O)c4)nc(N4CCOCC4)nc32)cc1. The predicted molar refractivity (Wildman–Crippen MR) is 135 cm³/mol. The van der Waals surface area contributed by atoms with E-state index in [1.165, 1.54) is 13.8 Å². The minimum atomic E-state index is -0.386. The fraction of sp³-hybridized carbons (Fsp3) is 0.269. The van der Waals surface area contributed by atoms with Crippen LogP contribution in [0.5, 0.6) is 5.75 Å². The molecule has 0 atom stereocenters. The van der Waals surface area contributed by atoms with Crippen LogP contribution in [0.2, 0.25) is 0 Å². The maximum absolute atomic E-state index is 11.5. The lowest BCUT2D eigenvalue weighted by atomic mass is 10.1. The summed E-state index contributed by atoms with van der Waals surface area (Å²) in [7, 11) is 0. The minimum absolute atomic E-state index is 0.110. The molecule has 184 valence electrons. The molecule has 5 rings (SSSR count). The van der Waals surface area contributed by atoms with E-state index in [1.54, 1.807) is 18.5 Å². The van der Waals surface area contributed by atoms with Crippen LogP contribution in [-0.4, -0.2) is 57.7 Å². The van der Waals surface area contributed by atoms with Crippen LogP contribution in [0.3, 0.4) is 0 Å². The van der Waals surface area contributed by atoms with E-state index in [0.29, 0.717) is 61.4 Å². The van der Waals surface area contributed by atoms with Gasteiger partial charge >= 0.3 is 5.97 Å². The highest BCUT2D eigenvalue weighted by Crippen LogP contribution is 2.30. The van der Waals surface area contributed by atoms with Crippen LogP contribution >= 0.6 is 0 Å². The van der Waals surface area contributed by atoms with Crippen molar-refractivity contribution in [3.63, 3.8) is 0 Å². The summed E-state index contributed by atoms with van der Waals surface area (Å²) in [5.41, 5.74) is 4.57. The Labute approximate surface area is 207 Å². The van der Waals surface area contributed by atoms with Crippen LogP contribution in [-0.2, 0) is 20.9 Å². The second-order valence-electron chi connectivity index (χ2n) is 8.52. The van der Waals surface area contributed by atoms with Crippen LogP contribution < -0.4 is 15.0 Å². The van der Waals surface area contributed by atoms with Gasteiger partial charge in [0.2, 0.25) is 11.9 Å². The van der Waals surface area contributed by atoms with Crippen LogP contribution in [0.25, 0.3) is 22.4 Å². The molecule has 1 N–H and O–H groups in total. The standard InChI is InChI=1S/C26H26N6O4/c1-17(33)28-21-8-6-19(7-9-21)15-32-16-27-24-23(20-4-3-5-22(14-20)36-18(2)34)29-26(30-25(24)32)31-10-12-35-13-11-31/h3-9,14,16H,10-13,15H2,1-2H3,(H,28,33). The van der Waals surface area contributed by atoms with Crippen molar-refractivity contribution in [3.8, 4) is 17.0 Å². The number of anilines is 2. The largest absolute Gasteiger partial charge is 0.427 e. The maximum atomic E-state index is 11.5. The zero-order valence-electron chi connectivity index (χ0n) is 20.1. The summed E-state index contributed by atoms with van der Waals surface area (Å²) in [5, 5.41) is 2.78. The number of aromatic nitrogens is 4. The first kappa shape index (κ1) is 23.4. The van der Waals surface area contributed by atoms with Crippen molar-refractivity contribution in [2.45, 2.75) is 20.4 Å².